The SMILES string of the molecule is Cc1ccccc1-c1nc2c(CN)cccc2[nH]1. The highest BCUT2D eigenvalue weighted by Crippen LogP contribution is 2.24. The fourth-order valence-corrected chi connectivity index (χ4v) is 2.22. The second-order valence-electron chi connectivity index (χ2n) is 4.42. The monoisotopic (exact) mass is 237 g/mol. The number of fused-ring (bicyclic) bond motifs is 1. The first-order valence-electron chi connectivity index (χ1n) is 6.03. The van der Waals surface area contributed by atoms with Gasteiger partial charge in [-0.25, -0.2) is 4.98 Å². The molecular formula is C15H15N3. The van der Waals surface area contributed by atoms with E-state index >= 15 is 0 Å². The Bertz CT molecular complexity index is 698. The van der Waals surface area contributed by atoms with Gasteiger partial charge >= 0.3 is 0 Å². The number of hydrogen-bond acceptors (Lipinski definition) is 2. The summed E-state index contributed by atoms with van der Waals surface area (Å²) in [5.74, 6) is 0.906. The highest BCUT2D eigenvalue weighted by Gasteiger charge is 2.09. The molecule has 0 unspecified atom stereocenters. The Labute approximate surface area is 106 Å². The lowest BCUT2D eigenvalue weighted by Gasteiger charge is -2.00. The van der Waals surface area contributed by atoms with Crippen LogP contribution >= 0.6 is 0 Å². The molecule has 3 heteroatoms. The van der Waals surface area contributed by atoms with E-state index in [1.54, 1.807) is 0 Å². The summed E-state index contributed by atoms with van der Waals surface area (Å²) in [6.45, 7) is 2.60. The van der Waals surface area contributed by atoms with E-state index in [-0.39, 0.29) is 0 Å². The molecule has 3 aromatic rings. The average molecular weight is 237 g/mol. The molecule has 1 aromatic heterocycles. The Morgan fingerprint density at radius 3 is 2.72 bits per heavy atom. The fourth-order valence-electron chi connectivity index (χ4n) is 2.22. The Balaban J connectivity index is 2.23. The van der Waals surface area contributed by atoms with E-state index < -0.39 is 0 Å². The lowest BCUT2D eigenvalue weighted by Crippen LogP contribution is -1.96. The van der Waals surface area contributed by atoms with E-state index in [0.717, 1.165) is 28.0 Å². The molecule has 1 heterocycles. The van der Waals surface area contributed by atoms with Crippen LogP contribution in [0.2, 0.25) is 0 Å². The number of aromatic amines is 1. The van der Waals surface area contributed by atoms with Crippen molar-refractivity contribution in [3.63, 3.8) is 0 Å². The third kappa shape index (κ3) is 1.69. The molecule has 0 aliphatic heterocycles. The molecule has 0 atom stereocenters. The lowest BCUT2D eigenvalue weighted by molar-refractivity contribution is 1.08. The van der Waals surface area contributed by atoms with E-state index in [1.165, 1.54) is 5.56 Å². The van der Waals surface area contributed by atoms with Gasteiger partial charge in [0.25, 0.3) is 0 Å². The topological polar surface area (TPSA) is 54.7 Å². The first-order chi connectivity index (χ1) is 8.79. The second-order valence-corrected chi connectivity index (χ2v) is 4.42. The van der Waals surface area contributed by atoms with Crippen LogP contribution in [0.4, 0.5) is 0 Å². The molecule has 0 amide bonds. The standard InChI is InChI=1S/C15H15N3/c1-10-5-2-3-7-12(10)15-17-13-8-4-6-11(9-16)14(13)18-15/h2-8H,9,16H2,1H3,(H,17,18). The van der Waals surface area contributed by atoms with Gasteiger partial charge in [-0.15, -0.1) is 0 Å². The number of hydrogen-bond donors (Lipinski definition) is 2. The van der Waals surface area contributed by atoms with Gasteiger partial charge < -0.3 is 10.7 Å². The zero-order valence-corrected chi connectivity index (χ0v) is 10.3. The molecule has 18 heavy (non-hydrogen) atoms. The van der Waals surface area contributed by atoms with Gasteiger partial charge in [0, 0.05) is 12.1 Å². The minimum atomic E-state index is 0.509. The van der Waals surface area contributed by atoms with Crippen molar-refractivity contribution in [1.29, 1.82) is 0 Å². The summed E-state index contributed by atoms with van der Waals surface area (Å²) in [6.07, 6.45) is 0. The average Bonchev–Trinajstić information content (AvgIpc) is 2.82. The van der Waals surface area contributed by atoms with Gasteiger partial charge in [0.15, 0.2) is 0 Å². The number of rotatable bonds is 2. The number of nitrogens with one attached hydrogen (secondary N) is 1. The fraction of sp³-hybridized carbons (Fsp3) is 0.133. The molecule has 90 valence electrons. The number of aromatic nitrogens is 2. The third-order valence-corrected chi connectivity index (χ3v) is 3.22. The van der Waals surface area contributed by atoms with E-state index in [4.69, 9.17) is 5.73 Å². The summed E-state index contributed by atoms with van der Waals surface area (Å²) in [5.41, 5.74) is 11.2. The smallest absolute Gasteiger partial charge is 0.138 e. The van der Waals surface area contributed by atoms with Gasteiger partial charge in [0.1, 0.15) is 5.82 Å². The van der Waals surface area contributed by atoms with Gasteiger partial charge in [-0.05, 0) is 24.1 Å². The molecular weight excluding hydrogens is 222 g/mol. The maximum Gasteiger partial charge on any atom is 0.138 e. The summed E-state index contributed by atoms with van der Waals surface area (Å²) < 4.78 is 0. The molecule has 2 aromatic carbocycles. The highest BCUT2D eigenvalue weighted by atomic mass is 14.9. The van der Waals surface area contributed by atoms with Gasteiger partial charge in [-0.1, -0.05) is 36.4 Å². The zero-order chi connectivity index (χ0) is 12.5. The van der Waals surface area contributed by atoms with Crippen molar-refractivity contribution in [3.05, 3.63) is 53.6 Å². The predicted octanol–water partition coefficient (Wildman–Crippen LogP) is 3.00. The first kappa shape index (κ1) is 11.0. The number of nitrogens with two attached hydrogens (primary N) is 1. The van der Waals surface area contributed by atoms with Crippen LogP contribution in [-0.2, 0) is 6.54 Å². The number of imidazole rings is 1. The normalized spacial score (nSPS) is 11.0. The van der Waals surface area contributed by atoms with Crippen LogP contribution in [0, 0.1) is 6.92 Å². The molecule has 0 aliphatic rings. The summed E-state index contributed by atoms with van der Waals surface area (Å²) in [4.78, 5) is 8.04. The van der Waals surface area contributed by atoms with Crippen LogP contribution in [0.5, 0.6) is 0 Å². The summed E-state index contributed by atoms with van der Waals surface area (Å²) in [7, 11) is 0. The molecule has 0 saturated heterocycles. The second kappa shape index (κ2) is 4.27. The van der Waals surface area contributed by atoms with Gasteiger partial charge in [0.05, 0.1) is 11.0 Å². The maximum atomic E-state index is 5.74. The molecule has 0 bridgehead atoms. The van der Waals surface area contributed by atoms with Crippen molar-refractivity contribution in [2.75, 3.05) is 0 Å². The van der Waals surface area contributed by atoms with E-state index in [2.05, 4.69) is 29.0 Å². The van der Waals surface area contributed by atoms with Gasteiger partial charge in [0.2, 0.25) is 0 Å². The van der Waals surface area contributed by atoms with Crippen LogP contribution in [0.25, 0.3) is 22.4 Å². The Morgan fingerprint density at radius 1 is 1.11 bits per heavy atom. The Kier molecular flexibility index (Phi) is 2.61. The predicted molar refractivity (Wildman–Crippen MR) is 74.2 cm³/mol. The van der Waals surface area contributed by atoms with Crippen molar-refractivity contribution < 1.29 is 0 Å². The number of benzene rings is 2. The first-order valence-corrected chi connectivity index (χ1v) is 6.03. The van der Waals surface area contributed by atoms with Crippen LogP contribution < -0.4 is 5.73 Å². The molecule has 0 spiro atoms. The number of H-pyrrole nitrogens is 1. The van der Waals surface area contributed by atoms with Crippen LogP contribution in [-0.4, -0.2) is 9.97 Å². The molecule has 3 rings (SSSR count). The van der Waals surface area contributed by atoms with Gasteiger partial charge in [-0.2, -0.15) is 0 Å². The van der Waals surface area contributed by atoms with Gasteiger partial charge in [-0.3, -0.25) is 0 Å². The minimum absolute atomic E-state index is 0.509. The molecule has 0 fully saturated rings. The molecule has 3 N–H and O–H groups in total. The number of aryl methyl sites for hydroxylation is 1. The summed E-state index contributed by atoms with van der Waals surface area (Å²) in [5, 5.41) is 0. The van der Waals surface area contributed by atoms with E-state index in [0.29, 0.717) is 6.54 Å². The minimum Gasteiger partial charge on any atom is -0.338 e. The Morgan fingerprint density at radius 2 is 1.94 bits per heavy atom. The van der Waals surface area contributed by atoms with Crippen molar-refractivity contribution in [2.24, 2.45) is 5.73 Å². The number of nitrogens with zero attached hydrogens (tertiary/aromatic N) is 1. The maximum absolute atomic E-state index is 5.74. The van der Waals surface area contributed by atoms with Crippen LogP contribution in [0.15, 0.2) is 42.5 Å². The molecule has 0 aliphatic carbocycles. The van der Waals surface area contributed by atoms with Crippen molar-refractivity contribution in [1.82, 2.24) is 9.97 Å². The van der Waals surface area contributed by atoms with Crippen molar-refractivity contribution in [2.45, 2.75) is 13.5 Å². The molecule has 0 saturated carbocycles. The quantitative estimate of drug-likeness (QED) is 0.720. The van der Waals surface area contributed by atoms with Crippen LogP contribution in [0.3, 0.4) is 0 Å². The Hall–Kier alpha value is -2.13. The van der Waals surface area contributed by atoms with E-state index in [9.17, 15) is 0 Å². The summed E-state index contributed by atoms with van der Waals surface area (Å²) in [6, 6.07) is 14.3. The van der Waals surface area contributed by atoms with E-state index in [1.807, 2.05) is 30.3 Å². The largest absolute Gasteiger partial charge is 0.338 e. The lowest BCUT2D eigenvalue weighted by atomic mass is 10.1. The highest BCUT2D eigenvalue weighted by molar-refractivity contribution is 5.82. The molecule has 3 nitrogen and oxygen atoms in total. The molecule has 0 radical (unpaired) electrons. The number of para-hydroxylation sites is 1. The van der Waals surface area contributed by atoms with Crippen molar-refractivity contribution >= 4 is 11.0 Å². The summed E-state index contributed by atoms with van der Waals surface area (Å²) >= 11 is 0. The third-order valence-electron chi connectivity index (χ3n) is 3.22. The van der Waals surface area contributed by atoms with Crippen LogP contribution in [0.1, 0.15) is 11.1 Å². The van der Waals surface area contributed by atoms with Crippen molar-refractivity contribution in [3.8, 4) is 11.4 Å². The zero-order valence-electron chi connectivity index (χ0n) is 10.3.